The van der Waals surface area contributed by atoms with E-state index >= 15 is 0 Å². The highest BCUT2D eigenvalue weighted by molar-refractivity contribution is 7.89. The van der Waals surface area contributed by atoms with Gasteiger partial charge in [0.1, 0.15) is 13.1 Å². The van der Waals surface area contributed by atoms with Gasteiger partial charge in [0.25, 0.3) is 0 Å². The number of aliphatic carboxylic acids is 1. The van der Waals surface area contributed by atoms with Crippen molar-refractivity contribution in [3.63, 3.8) is 0 Å². The molecule has 0 radical (unpaired) electrons. The molecule has 1 rings (SSSR count). The van der Waals surface area contributed by atoms with E-state index in [1.54, 1.807) is 0 Å². The van der Waals surface area contributed by atoms with Gasteiger partial charge in [-0.3, -0.25) is 4.79 Å². The summed E-state index contributed by atoms with van der Waals surface area (Å²) in [7, 11) is -4.68. The van der Waals surface area contributed by atoms with Crippen LogP contribution < -0.4 is 0 Å². The van der Waals surface area contributed by atoms with E-state index in [-0.39, 0.29) is 14.4 Å². The van der Waals surface area contributed by atoms with Crippen LogP contribution in [0, 0.1) is 0 Å². The number of carboxylic acids is 1. The molecule has 0 heterocycles. The molecule has 118 valence electrons. The van der Waals surface area contributed by atoms with E-state index in [1.165, 1.54) is 0 Å². The smallest absolute Gasteiger partial charge is 0.402 e. The number of hydrogen-bond donors (Lipinski definition) is 1. The molecule has 1 aromatic rings. The number of carbonyl (C=O) groups is 1. The summed E-state index contributed by atoms with van der Waals surface area (Å²) in [5.74, 6) is -1.72. The number of carboxylic acid groups (broad SMARTS) is 1. The van der Waals surface area contributed by atoms with Crippen LogP contribution in [0.5, 0.6) is 0 Å². The molecule has 21 heavy (non-hydrogen) atoms. The fourth-order valence-electron chi connectivity index (χ4n) is 1.36. The van der Waals surface area contributed by atoms with Crippen LogP contribution >= 0.6 is 23.2 Å². The summed E-state index contributed by atoms with van der Waals surface area (Å²) in [5, 5.41) is 8.40. The first kappa shape index (κ1) is 18.0. The van der Waals surface area contributed by atoms with Crippen molar-refractivity contribution < 1.29 is 31.5 Å². The quantitative estimate of drug-likeness (QED) is 0.870. The number of halogens is 5. The third-order valence-electron chi connectivity index (χ3n) is 2.20. The minimum absolute atomic E-state index is 0.0104. The average molecular weight is 366 g/mol. The van der Waals surface area contributed by atoms with Gasteiger partial charge in [0, 0.05) is 0 Å². The van der Waals surface area contributed by atoms with Crippen LogP contribution in [0.3, 0.4) is 0 Å². The predicted octanol–water partition coefficient (Wildman–Crippen LogP) is 2.63. The van der Waals surface area contributed by atoms with Crippen LogP contribution in [-0.2, 0) is 14.8 Å². The zero-order valence-electron chi connectivity index (χ0n) is 10.1. The Labute approximate surface area is 127 Å². The van der Waals surface area contributed by atoms with Gasteiger partial charge in [-0.2, -0.15) is 17.5 Å². The molecule has 0 aliphatic heterocycles. The second-order valence-electron chi connectivity index (χ2n) is 3.86. The fraction of sp³-hybridized carbons (Fsp3) is 0.300. The van der Waals surface area contributed by atoms with Crippen LogP contribution in [0.4, 0.5) is 13.2 Å². The van der Waals surface area contributed by atoms with Crippen LogP contribution in [-0.4, -0.2) is 43.1 Å². The SMILES string of the molecule is O=C(O)CN(CC(F)(F)F)S(=O)(=O)c1ccc(Cl)c(Cl)c1. The van der Waals surface area contributed by atoms with E-state index in [1.807, 2.05) is 0 Å². The van der Waals surface area contributed by atoms with E-state index in [2.05, 4.69) is 0 Å². The third-order valence-corrected chi connectivity index (χ3v) is 4.72. The van der Waals surface area contributed by atoms with E-state index in [0.717, 1.165) is 18.2 Å². The highest BCUT2D eigenvalue weighted by Crippen LogP contribution is 2.28. The lowest BCUT2D eigenvalue weighted by atomic mass is 10.4. The molecule has 0 fully saturated rings. The lowest BCUT2D eigenvalue weighted by molar-refractivity contribution is -0.146. The van der Waals surface area contributed by atoms with Gasteiger partial charge in [0.2, 0.25) is 10.0 Å². The third kappa shape index (κ3) is 5.03. The molecular weight excluding hydrogens is 358 g/mol. The molecule has 0 aliphatic rings. The van der Waals surface area contributed by atoms with Gasteiger partial charge in [0.15, 0.2) is 0 Å². The zero-order chi connectivity index (χ0) is 16.4. The van der Waals surface area contributed by atoms with Gasteiger partial charge in [0.05, 0.1) is 14.9 Å². The van der Waals surface area contributed by atoms with Crippen LogP contribution in [0.2, 0.25) is 10.0 Å². The predicted molar refractivity (Wildman–Crippen MR) is 68.9 cm³/mol. The Bertz CT molecular complexity index is 648. The second kappa shape index (κ2) is 6.39. The molecule has 1 N–H and O–H groups in total. The highest BCUT2D eigenvalue weighted by atomic mass is 35.5. The molecule has 0 spiro atoms. The maximum absolute atomic E-state index is 12.4. The summed E-state index contributed by atoms with van der Waals surface area (Å²) in [6.07, 6.45) is -4.89. The van der Waals surface area contributed by atoms with Crippen LogP contribution in [0.1, 0.15) is 0 Å². The number of rotatable bonds is 5. The fourth-order valence-corrected chi connectivity index (χ4v) is 3.13. The summed E-state index contributed by atoms with van der Waals surface area (Å²) < 4.78 is 61.1. The van der Waals surface area contributed by atoms with Crippen molar-refractivity contribution in [3.8, 4) is 0 Å². The summed E-state index contributed by atoms with van der Waals surface area (Å²) in [4.78, 5) is 9.99. The molecule has 0 saturated carbocycles. The van der Waals surface area contributed by atoms with Crippen molar-refractivity contribution in [2.45, 2.75) is 11.1 Å². The number of hydrogen-bond acceptors (Lipinski definition) is 3. The standard InChI is InChI=1S/C10H8Cl2F3NO4S/c11-7-2-1-6(3-8(7)12)21(19,20)16(4-9(17)18)5-10(13,14)15/h1-3H,4-5H2,(H,17,18). The van der Waals surface area contributed by atoms with Gasteiger partial charge < -0.3 is 5.11 Å². The maximum atomic E-state index is 12.4. The molecule has 0 bridgehead atoms. The molecule has 0 saturated heterocycles. The molecule has 1 aromatic carbocycles. The lowest BCUT2D eigenvalue weighted by Gasteiger charge is -2.21. The molecule has 0 aliphatic carbocycles. The van der Waals surface area contributed by atoms with Crippen molar-refractivity contribution in [1.29, 1.82) is 0 Å². The van der Waals surface area contributed by atoms with Crippen molar-refractivity contribution in [3.05, 3.63) is 28.2 Å². The minimum atomic E-state index is -4.89. The summed E-state index contributed by atoms with van der Waals surface area (Å²) in [5.41, 5.74) is 0. The van der Waals surface area contributed by atoms with Crippen molar-refractivity contribution >= 4 is 39.2 Å². The Morgan fingerprint density at radius 1 is 1.24 bits per heavy atom. The Morgan fingerprint density at radius 3 is 2.24 bits per heavy atom. The minimum Gasteiger partial charge on any atom is -0.480 e. The Kier molecular flexibility index (Phi) is 5.48. The number of alkyl halides is 3. The second-order valence-corrected chi connectivity index (χ2v) is 6.61. The monoisotopic (exact) mass is 365 g/mol. The first-order valence-electron chi connectivity index (χ1n) is 5.17. The molecule has 5 nitrogen and oxygen atoms in total. The van der Waals surface area contributed by atoms with E-state index in [4.69, 9.17) is 28.3 Å². The largest absolute Gasteiger partial charge is 0.480 e. The van der Waals surface area contributed by atoms with Crippen LogP contribution in [0.15, 0.2) is 23.1 Å². The summed E-state index contributed by atoms with van der Waals surface area (Å²) in [6, 6.07) is 2.88. The Morgan fingerprint density at radius 2 is 1.81 bits per heavy atom. The van der Waals surface area contributed by atoms with Gasteiger partial charge in [-0.1, -0.05) is 23.2 Å². The van der Waals surface area contributed by atoms with E-state index in [9.17, 15) is 26.4 Å². The summed E-state index contributed by atoms with van der Waals surface area (Å²) >= 11 is 11.2. The average Bonchev–Trinajstić information content (AvgIpc) is 2.29. The van der Waals surface area contributed by atoms with Gasteiger partial charge in [-0.05, 0) is 18.2 Å². The van der Waals surface area contributed by atoms with Crippen molar-refractivity contribution in [2.24, 2.45) is 0 Å². The molecule has 0 atom stereocenters. The molecule has 11 heteroatoms. The van der Waals surface area contributed by atoms with Gasteiger partial charge in [-0.25, -0.2) is 8.42 Å². The molecular formula is C10H8Cl2F3NO4S. The summed E-state index contributed by atoms with van der Waals surface area (Å²) in [6.45, 7) is -3.26. The molecule has 0 aromatic heterocycles. The number of benzene rings is 1. The van der Waals surface area contributed by atoms with Crippen LogP contribution in [0.25, 0.3) is 0 Å². The Balaban J connectivity index is 3.25. The van der Waals surface area contributed by atoms with Gasteiger partial charge >= 0.3 is 12.1 Å². The highest BCUT2D eigenvalue weighted by Gasteiger charge is 2.38. The topological polar surface area (TPSA) is 74.7 Å². The number of sulfonamides is 1. The molecule has 0 unspecified atom stereocenters. The zero-order valence-corrected chi connectivity index (χ0v) is 12.4. The lowest BCUT2D eigenvalue weighted by Crippen LogP contribution is -2.41. The Hall–Kier alpha value is -1.03. The maximum Gasteiger partial charge on any atom is 0.402 e. The molecule has 0 amide bonds. The number of nitrogens with zero attached hydrogens (tertiary/aromatic N) is 1. The normalized spacial score (nSPS) is 12.7. The van der Waals surface area contributed by atoms with Crippen molar-refractivity contribution in [2.75, 3.05) is 13.1 Å². The van der Waals surface area contributed by atoms with Crippen molar-refractivity contribution in [1.82, 2.24) is 4.31 Å². The first-order chi connectivity index (χ1) is 9.43. The van der Waals surface area contributed by atoms with E-state index in [0.29, 0.717) is 0 Å². The first-order valence-corrected chi connectivity index (χ1v) is 7.37. The van der Waals surface area contributed by atoms with Gasteiger partial charge in [-0.15, -0.1) is 0 Å². The van der Waals surface area contributed by atoms with E-state index < -0.39 is 40.2 Å².